The zero-order chi connectivity index (χ0) is 13.1. The van der Waals surface area contributed by atoms with Crippen molar-refractivity contribution in [1.82, 2.24) is 9.97 Å². The number of halogens is 1. The molecular formula is C11H13ClN6. The smallest absolute Gasteiger partial charge is 0.223 e. The molecule has 6 N–H and O–H groups in total. The molecule has 0 amide bonds. The van der Waals surface area contributed by atoms with Crippen LogP contribution >= 0.6 is 11.6 Å². The number of nitrogens with one attached hydrogen (secondary N) is 2. The van der Waals surface area contributed by atoms with Gasteiger partial charge in [-0.25, -0.2) is 5.84 Å². The number of benzene rings is 1. The number of rotatable bonds is 3. The maximum atomic E-state index is 6.04. The summed E-state index contributed by atoms with van der Waals surface area (Å²) < 4.78 is 0. The molecule has 6 nitrogen and oxygen atoms in total. The van der Waals surface area contributed by atoms with Gasteiger partial charge < -0.3 is 16.5 Å². The van der Waals surface area contributed by atoms with Crippen molar-refractivity contribution in [3.05, 3.63) is 34.9 Å². The van der Waals surface area contributed by atoms with E-state index < -0.39 is 0 Å². The van der Waals surface area contributed by atoms with Crippen LogP contribution in [0.25, 0.3) is 0 Å². The molecular weight excluding hydrogens is 252 g/mol. The van der Waals surface area contributed by atoms with E-state index in [2.05, 4.69) is 20.7 Å². The lowest BCUT2D eigenvalue weighted by atomic mass is 10.2. The van der Waals surface area contributed by atoms with Gasteiger partial charge in [0.15, 0.2) is 0 Å². The Morgan fingerprint density at radius 1 is 1.22 bits per heavy atom. The molecule has 0 atom stereocenters. The van der Waals surface area contributed by atoms with E-state index in [1.165, 1.54) is 0 Å². The first-order chi connectivity index (χ1) is 8.60. The largest absolute Gasteiger partial charge is 0.368 e. The van der Waals surface area contributed by atoms with Gasteiger partial charge in [-0.05, 0) is 24.6 Å². The molecule has 7 heteroatoms. The van der Waals surface area contributed by atoms with Crippen molar-refractivity contribution < 1.29 is 0 Å². The first kappa shape index (κ1) is 12.4. The predicted octanol–water partition coefficient (Wildman–Crippen LogP) is 2.05. The van der Waals surface area contributed by atoms with Gasteiger partial charge in [0.1, 0.15) is 11.6 Å². The van der Waals surface area contributed by atoms with Crippen LogP contribution in [-0.4, -0.2) is 9.97 Å². The molecule has 0 spiro atoms. The number of hydrogen-bond acceptors (Lipinski definition) is 6. The van der Waals surface area contributed by atoms with Crippen LogP contribution < -0.4 is 22.3 Å². The summed E-state index contributed by atoms with van der Waals surface area (Å²) in [5.74, 6) is 6.40. The van der Waals surface area contributed by atoms with Gasteiger partial charge in [0, 0.05) is 16.8 Å². The average molecular weight is 265 g/mol. The van der Waals surface area contributed by atoms with Crippen molar-refractivity contribution in [2.24, 2.45) is 5.84 Å². The normalized spacial score (nSPS) is 10.2. The Labute approximate surface area is 109 Å². The molecule has 0 aliphatic carbocycles. The van der Waals surface area contributed by atoms with Crippen LogP contribution in [-0.2, 0) is 0 Å². The molecule has 0 radical (unpaired) electrons. The van der Waals surface area contributed by atoms with Crippen molar-refractivity contribution in [1.29, 1.82) is 0 Å². The highest BCUT2D eigenvalue weighted by Crippen LogP contribution is 2.26. The van der Waals surface area contributed by atoms with Gasteiger partial charge in [0.2, 0.25) is 5.95 Å². The molecule has 94 valence electrons. The number of aromatic nitrogens is 2. The summed E-state index contributed by atoms with van der Waals surface area (Å²) in [6.45, 7) is 1.91. The standard InChI is InChI=1S/C11H13ClN6/c1-6-7(12)3-2-4-8(6)15-9-5-10(18-14)17-11(13)16-9/h2-5H,14H2,1H3,(H4,13,15,16,17,18). The third-order valence-corrected chi connectivity index (χ3v) is 2.83. The van der Waals surface area contributed by atoms with Gasteiger partial charge in [-0.3, -0.25) is 0 Å². The van der Waals surface area contributed by atoms with E-state index in [9.17, 15) is 0 Å². The molecule has 0 saturated heterocycles. The van der Waals surface area contributed by atoms with E-state index in [0.29, 0.717) is 16.7 Å². The molecule has 1 heterocycles. The zero-order valence-corrected chi connectivity index (χ0v) is 10.5. The number of anilines is 4. The van der Waals surface area contributed by atoms with Crippen molar-refractivity contribution >= 4 is 34.9 Å². The number of nitrogens with two attached hydrogens (primary N) is 2. The van der Waals surface area contributed by atoms with E-state index in [0.717, 1.165) is 11.3 Å². The SMILES string of the molecule is Cc1c(Cl)cccc1Nc1cc(NN)nc(N)n1. The molecule has 0 aliphatic rings. The lowest BCUT2D eigenvalue weighted by Gasteiger charge is -2.11. The minimum atomic E-state index is 0.132. The number of hydrogen-bond donors (Lipinski definition) is 4. The van der Waals surface area contributed by atoms with E-state index in [1.54, 1.807) is 6.07 Å². The summed E-state index contributed by atoms with van der Waals surface area (Å²) in [7, 11) is 0. The van der Waals surface area contributed by atoms with E-state index in [1.807, 2.05) is 25.1 Å². The minimum Gasteiger partial charge on any atom is -0.368 e. The van der Waals surface area contributed by atoms with Gasteiger partial charge >= 0.3 is 0 Å². The van der Waals surface area contributed by atoms with Crippen molar-refractivity contribution in [2.45, 2.75) is 6.92 Å². The lowest BCUT2D eigenvalue weighted by molar-refractivity contribution is 1.15. The summed E-state index contributed by atoms with van der Waals surface area (Å²) in [5.41, 5.74) is 9.78. The molecule has 0 fully saturated rings. The third-order valence-electron chi connectivity index (χ3n) is 2.42. The summed E-state index contributed by atoms with van der Waals surface area (Å²) in [4.78, 5) is 7.96. The average Bonchev–Trinajstić information content (AvgIpc) is 2.34. The highest BCUT2D eigenvalue weighted by atomic mass is 35.5. The van der Waals surface area contributed by atoms with E-state index in [-0.39, 0.29) is 5.95 Å². The van der Waals surface area contributed by atoms with Crippen LogP contribution in [0.4, 0.5) is 23.3 Å². The second kappa shape index (κ2) is 5.07. The first-order valence-electron chi connectivity index (χ1n) is 5.23. The third kappa shape index (κ3) is 2.61. The van der Waals surface area contributed by atoms with Crippen molar-refractivity contribution in [2.75, 3.05) is 16.5 Å². The molecule has 1 aromatic heterocycles. The van der Waals surface area contributed by atoms with Gasteiger partial charge in [-0.15, -0.1) is 0 Å². The fourth-order valence-electron chi connectivity index (χ4n) is 1.48. The Morgan fingerprint density at radius 2 is 1.94 bits per heavy atom. The molecule has 0 aliphatic heterocycles. The molecule has 0 unspecified atom stereocenters. The fourth-order valence-corrected chi connectivity index (χ4v) is 1.66. The van der Waals surface area contributed by atoms with Crippen molar-refractivity contribution in [3.8, 4) is 0 Å². The number of nitrogens with zero attached hydrogens (tertiary/aromatic N) is 2. The lowest BCUT2D eigenvalue weighted by Crippen LogP contribution is -2.11. The Kier molecular flexibility index (Phi) is 3.50. The zero-order valence-electron chi connectivity index (χ0n) is 9.74. The number of hydrazine groups is 1. The highest BCUT2D eigenvalue weighted by Gasteiger charge is 2.05. The van der Waals surface area contributed by atoms with Crippen LogP contribution in [0.2, 0.25) is 5.02 Å². The van der Waals surface area contributed by atoms with Gasteiger partial charge in [0.25, 0.3) is 0 Å². The summed E-state index contributed by atoms with van der Waals surface area (Å²) >= 11 is 6.04. The maximum Gasteiger partial charge on any atom is 0.223 e. The predicted molar refractivity (Wildman–Crippen MR) is 73.7 cm³/mol. The second-order valence-electron chi connectivity index (χ2n) is 3.68. The fraction of sp³-hybridized carbons (Fsp3) is 0.0909. The second-order valence-corrected chi connectivity index (χ2v) is 4.09. The topological polar surface area (TPSA) is 102 Å². The van der Waals surface area contributed by atoms with Gasteiger partial charge in [-0.2, -0.15) is 9.97 Å². The van der Waals surface area contributed by atoms with Crippen molar-refractivity contribution in [3.63, 3.8) is 0 Å². The molecule has 0 saturated carbocycles. The molecule has 1 aromatic carbocycles. The van der Waals surface area contributed by atoms with Crippen LogP contribution in [0, 0.1) is 6.92 Å². The Bertz CT molecular complexity index is 571. The van der Waals surface area contributed by atoms with Gasteiger partial charge in [0.05, 0.1) is 0 Å². The number of nitrogen functional groups attached to an aromatic ring is 2. The molecule has 2 rings (SSSR count). The van der Waals surface area contributed by atoms with Gasteiger partial charge in [-0.1, -0.05) is 17.7 Å². The molecule has 2 aromatic rings. The summed E-state index contributed by atoms with van der Waals surface area (Å²) in [6, 6.07) is 7.22. The van der Waals surface area contributed by atoms with Crippen LogP contribution in [0.15, 0.2) is 24.3 Å². The molecule has 18 heavy (non-hydrogen) atoms. The summed E-state index contributed by atoms with van der Waals surface area (Å²) in [5, 5.41) is 3.80. The summed E-state index contributed by atoms with van der Waals surface area (Å²) in [6.07, 6.45) is 0. The minimum absolute atomic E-state index is 0.132. The Hall–Kier alpha value is -2.05. The maximum absolute atomic E-state index is 6.04. The quantitative estimate of drug-likeness (QED) is 0.500. The van der Waals surface area contributed by atoms with E-state index >= 15 is 0 Å². The molecule has 0 bridgehead atoms. The Morgan fingerprint density at radius 3 is 2.67 bits per heavy atom. The van der Waals surface area contributed by atoms with Crippen LogP contribution in [0.5, 0.6) is 0 Å². The van der Waals surface area contributed by atoms with Crippen LogP contribution in [0.1, 0.15) is 5.56 Å². The van der Waals surface area contributed by atoms with E-state index in [4.69, 9.17) is 23.2 Å². The monoisotopic (exact) mass is 264 g/mol. The first-order valence-corrected chi connectivity index (χ1v) is 5.61. The van der Waals surface area contributed by atoms with Crippen LogP contribution in [0.3, 0.4) is 0 Å². The highest BCUT2D eigenvalue weighted by molar-refractivity contribution is 6.31. The Balaban J connectivity index is 2.34.